The van der Waals surface area contributed by atoms with E-state index >= 15 is 0 Å². The molecule has 1 aliphatic rings. The quantitative estimate of drug-likeness (QED) is 0.841. The van der Waals surface area contributed by atoms with Crippen LogP contribution >= 0.6 is 0 Å². The second-order valence-corrected chi connectivity index (χ2v) is 6.37. The van der Waals surface area contributed by atoms with Gasteiger partial charge in [-0.05, 0) is 25.5 Å². The predicted octanol–water partition coefficient (Wildman–Crippen LogP) is 2.03. The minimum atomic E-state index is -3.02. The standard InChI is InChI=1S/C17H24F2N2O2/c1-17(18,19)9-16(23)20-15-11-21(8-7-14(15)12-22)10-13-5-3-2-4-6-13/h2-6,14-15,22H,7-12H2,1H3,(H,20,23)/t14-,15+/m0/s1. The van der Waals surface area contributed by atoms with E-state index in [1.54, 1.807) is 0 Å². The molecule has 0 saturated carbocycles. The zero-order valence-electron chi connectivity index (χ0n) is 13.3. The van der Waals surface area contributed by atoms with Gasteiger partial charge in [-0.2, -0.15) is 0 Å². The molecule has 2 N–H and O–H groups in total. The van der Waals surface area contributed by atoms with Crippen LogP contribution in [0.1, 0.15) is 25.3 Å². The van der Waals surface area contributed by atoms with Gasteiger partial charge in [0.2, 0.25) is 5.91 Å². The summed E-state index contributed by atoms with van der Waals surface area (Å²) in [5, 5.41) is 12.1. The molecule has 1 saturated heterocycles. The van der Waals surface area contributed by atoms with Crippen molar-refractivity contribution in [3.05, 3.63) is 35.9 Å². The number of benzene rings is 1. The maximum atomic E-state index is 12.9. The fraction of sp³-hybridized carbons (Fsp3) is 0.588. The second kappa shape index (κ2) is 7.84. The number of nitrogens with one attached hydrogen (secondary N) is 1. The monoisotopic (exact) mass is 326 g/mol. The van der Waals surface area contributed by atoms with Crippen molar-refractivity contribution in [2.75, 3.05) is 19.7 Å². The fourth-order valence-electron chi connectivity index (χ4n) is 2.98. The highest BCUT2D eigenvalue weighted by molar-refractivity contribution is 5.77. The summed E-state index contributed by atoms with van der Waals surface area (Å²) in [5.74, 6) is -3.77. The molecule has 0 aliphatic carbocycles. The molecule has 6 heteroatoms. The molecule has 128 valence electrons. The van der Waals surface area contributed by atoms with Gasteiger partial charge >= 0.3 is 0 Å². The van der Waals surface area contributed by atoms with Crippen molar-refractivity contribution >= 4 is 5.91 Å². The Hall–Kier alpha value is -1.53. The topological polar surface area (TPSA) is 52.6 Å². The summed E-state index contributed by atoms with van der Waals surface area (Å²) in [6, 6.07) is 9.66. The fourth-order valence-corrected chi connectivity index (χ4v) is 2.98. The Morgan fingerprint density at radius 1 is 1.39 bits per heavy atom. The smallest absolute Gasteiger partial charge is 0.254 e. The largest absolute Gasteiger partial charge is 0.396 e. The van der Waals surface area contributed by atoms with E-state index in [9.17, 15) is 18.7 Å². The predicted molar refractivity (Wildman–Crippen MR) is 84.1 cm³/mol. The minimum Gasteiger partial charge on any atom is -0.396 e. The molecule has 0 radical (unpaired) electrons. The summed E-state index contributed by atoms with van der Waals surface area (Å²) in [4.78, 5) is 13.9. The second-order valence-electron chi connectivity index (χ2n) is 6.37. The van der Waals surface area contributed by atoms with E-state index in [1.165, 1.54) is 5.56 Å². The number of hydrogen-bond donors (Lipinski definition) is 2. The van der Waals surface area contributed by atoms with Crippen molar-refractivity contribution in [1.29, 1.82) is 0 Å². The maximum absolute atomic E-state index is 12.9. The number of nitrogens with zero attached hydrogens (tertiary/aromatic N) is 1. The van der Waals surface area contributed by atoms with Gasteiger partial charge in [0.05, 0.1) is 6.42 Å². The van der Waals surface area contributed by atoms with Crippen molar-refractivity contribution < 1.29 is 18.7 Å². The highest BCUT2D eigenvalue weighted by atomic mass is 19.3. The van der Waals surface area contributed by atoms with Crippen LogP contribution in [0.4, 0.5) is 8.78 Å². The maximum Gasteiger partial charge on any atom is 0.254 e. The van der Waals surface area contributed by atoms with E-state index in [1.807, 2.05) is 30.3 Å². The summed E-state index contributed by atoms with van der Waals surface area (Å²) in [6.45, 7) is 2.80. The summed E-state index contributed by atoms with van der Waals surface area (Å²) in [5.41, 5.74) is 1.17. The van der Waals surface area contributed by atoms with Crippen LogP contribution in [0, 0.1) is 5.92 Å². The normalized spacial score (nSPS) is 22.8. The number of aliphatic hydroxyl groups is 1. The summed E-state index contributed by atoms with van der Waals surface area (Å²) in [7, 11) is 0. The van der Waals surface area contributed by atoms with E-state index in [2.05, 4.69) is 10.2 Å². The molecule has 0 spiro atoms. The average molecular weight is 326 g/mol. The third-order valence-corrected chi connectivity index (χ3v) is 4.14. The lowest BCUT2D eigenvalue weighted by molar-refractivity contribution is -0.129. The van der Waals surface area contributed by atoms with Crippen LogP contribution in [0.2, 0.25) is 0 Å². The molecule has 1 amide bonds. The zero-order valence-corrected chi connectivity index (χ0v) is 13.3. The number of amides is 1. The zero-order chi connectivity index (χ0) is 16.9. The molecule has 23 heavy (non-hydrogen) atoms. The number of carbonyl (C=O) groups is 1. The Kier molecular flexibility index (Phi) is 6.07. The first-order valence-corrected chi connectivity index (χ1v) is 7.92. The number of alkyl halides is 2. The van der Waals surface area contributed by atoms with Crippen molar-refractivity contribution in [1.82, 2.24) is 10.2 Å². The van der Waals surface area contributed by atoms with Crippen molar-refractivity contribution in [3.8, 4) is 0 Å². The molecule has 0 aromatic heterocycles. The Balaban J connectivity index is 1.94. The number of halogens is 2. The van der Waals surface area contributed by atoms with Gasteiger partial charge < -0.3 is 10.4 Å². The Bertz CT molecular complexity index is 505. The SMILES string of the molecule is CC(F)(F)CC(=O)N[C@@H]1CN(Cc2ccccc2)CC[C@H]1CO. The number of hydrogen-bond acceptors (Lipinski definition) is 3. The van der Waals surface area contributed by atoms with Gasteiger partial charge in [0.15, 0.2) is 0 Å². The molecule has 1 aromatic carbocycles. The highest BCUT2D eigenvalue weighted by Gasteiger charge is 2.32. The summed E-state index contributed by atoms with van der Waals surface area (Å²) < 4.78 is 25.9. The Morgan fingerprint density at radius 3 is 2.70 bits per heavy atom. The molecule has 1 fully saturated rings. The number of likely N-dealkylation sites (tertiary alicyclic amines) is 1. The molecule has 1 aromatic rings. The molecule has 0 unspecified atom stereocenters. The lowest BCUT2D eigenvalue weighted by Crippen LogP contribution is -2.53. The van der Waals surface area contributed by atoms with Gasteiger partial charge in [-0.15, -0.1) is 0 Å². The van der Waals surface area contributed by atoms with E-state index < -0.39 is 18.3 Å². The molecular weight excluding hydrogens is 302 g/mol. The first kappa shape index (κ1) is 17.8. The van der Waals surface area contributed by atoms with Crippen LogP contribution < -0.4 is 5.32 Å². The highest BCUT2D eigenvalue weighted by Crippen LogP contribution is 2.21. The molecule has 0 bridgehead atoms. The van der Waals surface area contributed by atoms with E-state index in [0.717, 1.165) is 26.4 Å². The first-order chi connectivity index (χ1) is 10.9. The Morgan fingerprint density at radius 2 is 2.09 bits per heavy atom. The van der Waals surface area contributed by atoms with E-state index in [0.29, 0.717) is 6.54 Å². The molecule has 1 aliphatic heterocycles. The van der Waals surface area contributed by atoms with Crippen molar-refractivity contribution in [2.45, 2.75) is 38.3 Å². The van der Waals surface area contributed by atoms with Crippen LogP contribution in [0.5, 0.6) is 0 Å². The van der Waals surface area contributed by atoms with Gasteiger partial charge in [0.25, 0.3) is 5.92 Å². The third-order valence-electron chi connectivity index (χ3n) is 4.14. The number of carbonyl (C=O) groups excluding carboxylic acids is 1. The van der Waals surface area contributed by atoms with E-state index in [4.69, 9.17) is 0 Å². The van der Waals surface area contributed by atoms with Crippen LogP contribution in [0.3, 0.4) is 0 Å². The molecule has 1 heterocycles. The van der Waals surface area contributed by atoms with Gasteiger partial charge in [0.1, 0.15) is 0 Å². The molecular formula is C17H24F2N2O2. The van der Waals surface area contributed by atoms with Crippen molar-refractivity contribution in [2.24, 2.45) is 5.92 Å². The molecule has 2 atom stereocenters. The molecule has 4 nitrogen and oxygen atoms in total. The van der Waals surface area contributed by atoms with Crippen LogP contribution in [0.15, 0.2) is 30.3 Å². The third kappa shape index (κ3) is 5.88. The van der Waals surface area contributed by atoms with Crippen molar-refractivity contribution in [3.63, 3.8) is 0 Å². The van der Waals surface area contributed by atoms with Gasteiger partial charge in [-0.3, -0.25) is 9.69 Å². The Labute approximate surface area is 135 Å². The first-order valence-electron chi connectivity index (χ1n) is 7.92. The van der Waals surface area contributed by atoms with Crippen LogP contribution in [0.25, 0.3) is 0 Å². The summed E-state index contributed by atoms with van der Waals surface area (Å²) in [6.07, 6.45) is -0.0862. The van der Waals surface area contributed by atoms with Crippen LogP contribution in [-0.4, -0.2) is 47.6 Å². The number of rotatable bonds is 6. The minimum absolute atomic E-state index is 0.0490. The van der Waals surface area contributed by atoms with Gasteiger partial charge in [-0.25, -0.2) is 8.78 Å². The van der Waals surface area contributed by atoms with Gasteiger partial charge in [-0.1, -0.05) is 30.3 Å². The van der Waals surface area contributed by atoms with E-state index in [-0.39, 0.29) is 18.6 Å². The van der Waals surface area contributed by atoms with Crippen LogP contribution in [-0.2, 0) is 11.3 Å². The van der Waals surface area contributed by atoms with Gasteiger partial charge in [0, 0.05) is 31.7 Å². The lowest BCUT2D eigenvalue weighted by atomic mass is 9.91. The number of aliphatic hydroxyl groups excluding tert-OH is 1. The average Bonchev–Trinajstić information content (AvgIpc) is 2.46. The molecule has 2 rings (SSSR count). The number of piperidine rings is 1. The lowest BCUT2D eigenvalue weighted by Gasteiger charge is -2.38. The summed E-state index contributed by atoms with van der Waals surface area (Å²) >= 11 is 0.